The monoisotopic (exact) mass is 230 g/mol. The van der Waals surface area contributed by atoms with Crippen LogP contribution in [0.15, 0.2) is 12.1 Å². The lowest BCUT2D eigenvalue weighted by Gasteiger charge is -1.96. The molecule has 0 saturated carbocycles. The molecule has 0 bridgehead atoms. The summed E-state index contributed by atoms with van der Waals surface area (Å²) in [6, 6.07) is 2.75. The molecule has 0 fully saturated rings. The number of benzene rings is 1. The van der Waals surface area contributed by atoms with E-state index < -0.39 is 5.97 Å². The predicted octanol–water partition coefficient (Wildman–Crippen LogP) is 2.57. The van der Waals surface area contributed by atoms with Crippen molar-refractivity contribution in [3.05, 3.63) is 27.9 Å². The summed E-state index contributed by atoms with van der Waals surface area (Å²) in [6.45, 7) is 0. The van der Waals surface area contributed by atoms with E-state index in [1.54, 1.807) is 0 Å². The Labute approximate surface area is 88.4 Å². The van der Waals surface area contributed by atoms with Gasteiger partial charge in [0.05, 0.1) is 21.5 Å². The van der Waals surface area contributed by atoms with Crippen LogP contribution in [0.3, 0.4) is 0 Å². The van der Waals surface area contributed by atoms with Crippen molar-refractivity contribution in [2.45, 2.75) is 0 Å². The van der Waals surface area contributed by atoms with Crippen LogP contribution in [-0.4, -0.2) is 21.3 Å². The van der Waals surface area contributed by atoms with Gasteiger partial charge in [-0.1, -0.05) is 23.2 Å². The topological polar surface area (TPSA) is 66.0 Å². The summed E-state index contributed by atoms with van der Waals surface area (Å²) in [7, 11) is 0. The van der Waals surface area contributed by atoms with E-state index in [4.69, 9.17) is 28.3 Å². The van der Waals surface area contributed by atoms with Gasteiger partial charge < -0.3 is 5.11 Å². The molecule has 1 aromatic heterocycles. The molecular formula is C8H4Cl2N2O2. The molecule has 0 aliphatic carbocycles. The van der Waals surface area contributed by atoms with Crippen LogP contribution in [0.5, 0.6) is 0 Å². The van der Waals surface area contributed by atoms with Gasteiger partial charge in [-0.2, -0.15) is 5.10 Å². The lowest BCUT2D eigenvalue weighted by molar-refractivity contribution is 0.0697. The van der Waals surface area contributed by atoms with Gasteiger partial charge in [0.15, 0.2) is 0 Å². The number of nitrogens with one attached hydrogen (secondary N) is 1. The highest BCUT2D eigenvalue weighted by Crippen LogP contribution is 2.29. The molecule has 6 heteroatoms. The van der Waals surface area contributed by atoms with Gasteiger partial charge in [0, 0.05) is 0 Å². The first-order valence-corrected chi connectivity index (χ1v) is 4.41. The zero-order chi connectivity index (χ0) is 10.3. The van der Waals surface area contributed by atoms with Gasteiger partial charge >= 0.3 is 5.97 Å². The molecule has 4 nitrogen and oxygen atoms in total. The van der Waals surface area contributed by atoms with Crippen molar-refractivity contribution >= 4 is 40.1 Å². The van der Waals surface area contributed by atoms with Gasteiger partial charge in [-0.3, -0.25) is 5.10 Å². The van der Waals surface area contributed by atoms with Gasteiger partial charge in [0.25, 0.3) is 0 Å². The van der Waals surface area contributed by atoms with Crippen LogP contribution in [-0.2, 0) is 0 Å². The number of fused-ring (bicyclic) bond motifs is 1. The highest BCUT2D eigenvalue weighted by atomic mass is 35.5. The minimum atomic E-state index is -1.05. The summed E-state index contributed by atoms with van der Waals surface area (Å²) in [4.78, 5) is 10.7. The van der Waals surface area contributed by atoms with Crippen molar-refractivity contribution in [2.24, 2.45) is 0 Å². The number of hydrogen-bond acceptors (Lipinski definition) is 2. The number of rotatable bonds is 1. The summed E-state index contributed by atoms with van der Waals surface area (Å²) < 4.78 is 0. The van der Waals surface area contributed by atoms with Crippen molar-refractivity contribution in [2.75, 3.05) is 0 Å². The third-order valence-electron chi connectivity index (χ3n) is 1.81. The van der Waals surface area contributed by atoms with Gasteiger partial charge in [0.2, 0.25) is 0 Å². The highest BCUT2D eigenvalue weighted by Gasteiger charge is 2.12. The first-order valence-electron chi connectivity index (χ1n) is 3.66. The normalized spacial score (nSPS) is 10.7. The molecule has 0 aliphatic rings. The summed E-state index contributed by atoms with van der Waals surface area (Å²) >= 11 is 11.6. The number of aromatic carboxylic acids is 1. The van der Waals surface area contributed by atoms with Crippen LogP contribution in [0.1, 0.15) is 10.4 Å². The molecule has 0 aliphatic heterocycles. The number of hydrogen-bond donors (Lipinski definition) is 2. The summed E-state index contributed by atoms with van der Waals surface area (Å²) in [5, 5.41) is 16.2. The maximum atomic E-state index is 10.7. The molecule has 2 N–H and O–H groups in total. The maximum absolute atomic E-state index is 10.7. The number of halogens is 2. The number of aromatic amines is 1. The first-order chi connectivity index (χ1) is 6.59. The molecule has 0 atom stereocenters. The van der Waals surface area contributed by atoms with E-state index in [-0.39, 0.29) is 10.6 Å². The van der Waals surface area contributed by atoms with Crippen LogP contribution in [0.4, 0.5) is 0 Å². The summed E-state index contributed by atoms with van der Waals surface area (Å²) in [5.41, 5.74) is 0.533. The van der Waals surface area contributed by atoms with Gasteiger partial charge in [-0.25, -0.2) is 4.79 Å². The molecule has 72 valence electrons. The van der Waals surface area contributed by atoms with Gasteiger partial charge in [0.1, 0.15) is 5.15 Å². The molecule has 0 unspecified atom stereocenters. The number of carboxylic acids is 1. The minimum absolute atomic E-state index is 0.0886. The minimum Gasteiger partial charge on any atom is -0.478 e. The maximum Gasteiger partial charge on any atom is 0.335 e. The van der Waals surface area contributed by atoms with Crippen molar-refractivity contribution < 1.29 is 9.90 Å². The number of carboxylic acid groups (broad SMARTS) is 1. The second-order valence-electron chi connectivity index (χ2n) is 2.69. The van der Waals surface area contributed by atoms with E-state index in [0.29, 0.717) is 16.1 Å². The van der Waals surface area contributed by atoms with Crippen LogP contribution in [0, 0.1) is 0 Å². The molecule has 2 aromatic rings. The Morgan fingerprint density at radius 3 is 2.79 bits per heavy atom. The molecular weight excluding hydrogens is 227 g/mol. The van der Waals surface area contributed by atoms with E-state index in [1.165, 1.54) is 12.1 Å². The zero-order valence-electron chi connectivity index (χ0n) is 6.71. The second kappa shape index (κ2) is 3.15. The molecule has 14 heavy (non-hydrogen) atoms. The van der Waals surface area contributed by atoms with Crippen LogP contribution in [0.2, 0.25) is 10.2 Å². The third-order valence-corrected chi connectivity index (χ3v) is 2.38. The molecule has 1 aromatic carbocycles. The van der Waals surface area contributed by atoms with E-state index in [9.17, 15) is 4.79 Å². The molecule has 0 spiro atoms. The standard InChI is InChI=1S/C8H4Cl2N2O2/c9-4-1-3(8(13)14)2-5-6(4)7(10)12-11-5/h1-2H,(H,11,12)(H,13,14). The Morgan fingerprint density at radius 2 is 2.14 bits per heavy atom. The quantitative estimate of drug-likeness (QED) is 0.792. The van der Waals surface area contributed by atoms with E-state index in [0.717, 1.165) is 0 Å². The van der Waals surface area contributed by atoms with Crippen LogP contribution < -0.4 is 0 Å². The Bertz CT molecular complexity index is 521. The van der Waals surface area contributed by atoms with Gasteiger partial charge in [-0.15, -0.1) is 0 Å². The number of H-pyrrole nitrogens is 1. The Morgan fingerprint density at radius 1 is 1.43 bits per heavy atom. The third kappa shape index (κ3) is 1.32. The average Bonchev–Trinajstić information content (AvgIpc) is 2.48. The van der Waals surface area contributed by atoms with E-state index in [1.807, 2.05) is 0 Å². The lowest BCUT2D eigenvalue weighted by Crippen LogP contribution is -1.95. The second-order valence-corrected chi connectivity index (χ2v) is 3.48. The van der Waals surface area contributed by atoms with E-state index in [2.05, 4.69) is 10.2 Å². The van der Waals surface area contributed by atoms with Crippen LogP contribution >= 0.6 is 23.2 Å². The van der Waals surface area contributed by atoms with Gasteiger partial charge in [-0.05, 0) is 12.1 Å². The Kier molecular flexibility index (Phi) is 2.09. The average molecular weight is 231 g/mol. The van der Waals surface area contributed by atoms with Crippen molar-refractivity contribution in [1.29, 1.82) is 0 Å². The first kappa shape index (κ1) is 9.30. The van der Waals surface area contributed by atoms with Crippen molar-refractivity contribution in [3.63, 3.8) is 0 Å². The fourth-order valence-corrected chi connectivity index (χ4v) is 1.78. The summed E-state index contributed by atoms with van der Waals surface area (Å²) in [6.07, 6.45) is 0. The Balaban J connectivity index is 2.80. The predicted molar refractivity (Wildman–Crippen MR) is 53.1 cm³/mol. The van der Waals surface area contributed by atoms with Crippen LogP contribution in [0.25, 0.3) is 10.9 Å². The molecule has 0 saturated heterocycles. The fraction of sp³-hybridized carbons (Fsp3) is 0. The number of carbonyl (C=O) groups is 1. The van der Waals surface area contributed by atoms with E-state index >= 15 is 0 Å². The largest absolute Gasteiger partial charge is 0.478 e. The zero-order valence-corrected chi connectivity index (χ0v) is 8.23. The number of nitrogens with zero attached hydrogens (tertiary/aromatic N) is 1. The SMILES string of the molecule is O=C(O)c1cc(Cl)c2c(Cl)[nH]nc2c1. The smallest absolute Gasteiger partial charge is 0.335 e. The summed E-state index contributed by atoms with van der Waals surface area (Å²) in [5.74, 6) is -1.05. The lowest BCUT2D eigenvalue weighted by atomic mass is 10.2. The number of aromatic nitrogens is 2. The molecule has 1 heterocycles. The Hall–Kier alpha value is -1.26. The fourth-order valence-electron chi connectivity index (χ4n) is 1.19. The molecule has 0 amide bonds. The van der Waals surface area contributed by atoms with Crippen molar-refractivity contribution in [1.82, 2.24) is 10.2 Å². The molecule has 0 radical (unpaired) electrons. The molecule has 2 rings (SSSR count). The highest BCUT2D eigenvalue weighted by molar-refractivity contribution is 6.41. The van der Waals surface area contributed by atoms with Crippen molar-refractivity contribution in [3.8, 4) is 0 Å².